The summed E-state index contributed by atoms with van der Waals surface area (Å²) in [5, 5.41) is 2.89. The Hall–Kier alpha value is -1.14. The third-order valence-corrected chi connectivity index (χ3v) is 4.56. The van der Waals surface area contributed by atoms with Crippen LogP contribution >= 0.6 is 9.39 Å². The van der Waals surface area contributed by atoms with E-state index in [-0.39, 0.29) is 5.56 Å². The van der Waals surface area contributed by atoms with Crippen molar-refractivity contribution in [2.75, 3.05) is 12.0 Å². The highest BCUT2D eigenvalue weighted by atomic mass is 32.2. The van der Waals surface area contributed by atoms with Gasteiger partial charge in [0.25, 0.3) is 0 Å². The van der Waals surface area contributed by atoms with Gasteiger partial charge < -0.3 is 5.32 Å². The number of halogens is 3. The Morgan fingerprint density at radius 3 is 2.53 bits per heavy atom. The maximum absolute atomic E-state index is 12.7. The number of aryl methyl sites for hydroxylation is 1. The van der Waals surface area contributed by atoms with E-state index in [1.54, 1.807) is 0 Å². The molecule has 94 valence electrons. The molecule has 17 heavy (non-hydrogen) atoms. The minimum Gasteiger partial charge on any atom is -0.371 e. The van der Waals surface area contributed by atoms with Crippen LogP contribution in [0.15, 0.2) is 17.0 Å². The van der Waals surface area contributed by atoms with Gasteiger partial charge in [-0.15, -0.1) is 9.39 Å². The smallest absolute Gasteiger partial charge is 0.371 e. The van der Waals surface area contributed by atoms with Gasteiger partial charge in [-0.05, 0) is 24.6 Å². The number of anilines is 1. The molecule has 0 fully saturated rings. The minimum absolute atomic E-state index is 0.200. The van der Waals surface area contributed by atoms with Gasteiger partial charge >= 0.3 is 6.18 Å². The van der Waals surface area contributed by atoms with Gasteiger partial charge in [0.2, 0.25) is 0 Å². The fourth-order valence-electron chi connectivity index (χ4n) is 1.80. The molecule has 0 aromatic heterocycles. The van der Waals surface area contributed by atoms with Crippen LogP contribution in [-0.2, 0) is 6.18 Å². The van der Waals surface area contributed by atoms with Crippen molar-refractivity contribution < 1.29 is 13.2 Å². The molecule has 1 aliphatic rings. The van der Waals surface area contributed by atoms with Crippen molar-refractivity contribution in [3.63, 3.8) is 0 Å². The van der Waals surface area contributed by atoms with Gasteiger partial charge in [-0.1, -0.05) is 11.7 Å². The molecule has 1 aromatic rings. The number of alkyl halides is 3. The van der Waals surface area contributed by atoms with E-state index in [1.165, 1.54) is 13.0 Å². The van der Waals surface area contributed by atoms with E-state index in [9.17, 15) is 13.2 Å². The van der Waals surface area contributed by atoms with E-state index in [1.807, 2.05) is 0 Å². The van der Waals surface area contributed by atoms with Crippen LogP contribution in [-0.4, -0.2) is 18.4 Å². The Kier molecular flexibility index (Phi) is 2.67. The van der Waals surface area contributed by atoms with Crippen LogP contribution in [0.2, 0.25) is 0 Å². The number of hydrogen-bond acceptors (Lipinski definition) is 2. The lowest BCUT2D eigenvalue weighted by atomic mass is 10.1. The van der Waals surface area contributed by atoms with E-state index < -0.39 is 21.1 Å². The molecule has 0 aliphatic carbocycles. The van der Waals surface area contributed by atoms with Crippen molar-refractivity contribution in [3.05, 3.63) is 23.3 Å². The highest BCUT2D eigenvalue weighted by Crippen LogP contribution is 2.42. The van der Waals surface area contributed by atoms with Gasteiger partial charge in [-0.2, -0.15) is 13.2 Å². The molecule has 0 atom stereocenters. The summed E-state index contributed by atoms with van der Waals surface area (Å²) in [5.74, 6) is 7.89. The first-order valence-corrected chi connectivity index (χ1v) is 6.89. The fourth-order valence-corrected chi connectivity index (χ4v) is 3.25. The second kappa shape index (κ2) is 3.68. The van der Waals surface area contributed by atoms with Gasteiger partial charge in [0.15, 0.2) is 0 Å². The van der Waals surface area contributed by atoms with Gasteiger partial charge in [0.05, 0.1) is 12.2 Å². The summed E-state index contributed by atoms with van der Waals surface area (Å²) in [5.41, 5.74) is 0.0634. The Morgan fingerprint density at radius 2 is 1.94 bits per heavy atom. The van der Waals surface area contributed by atoms with Crippen LogP contribution in [0.25, 0.3) is 0 Å². The summed E-state index contributed by atoms with van der Waals surface area (Å²) in [6.07, 6.45) is -4.33. The van der Waals surface area contributed by atoms with E-state index >= 15 is 0 Å². The second-order valence-electron chi connectivity index (χ2n) is 4.04. The maximum atomic E-state index is 12.7. The molecule has 0 saturated carbocycles. The second-order valence-corrected chi connectivity index (χ2v) is 6.54. The lowest BCUT2D eigenvalue weighted by Crippen LogP contribution is -2.25. The lowest BCUT2D eigenvalue weighted by Gasteiger charge is -2.28. The third-order valence-electron chi connectivity index (χ3n) is 2.68. The number of benzene rings is 1. The van der Waals surface area contributed by atoms with Crippen molar-refractivity contribution in [3.8, 4) is 0 Å². The summed E-state index contributed by atoms with van der Waals surface area (Å²) < 4.78 is 41.3. The molecule has 2 N–H and O–H groups in total. The summed E-state index contributed by atoms with van der Waals surface area (Å²) in [4.78, 5) is 0.731. The topological polar surface area (TPSA) is 24.1 Å². The third kappa shape index (κ3) is 2.14. The number of fused-ring (bicyclic) bond motifs is 1. The van der Waals surface area contributed by atoms with Gasteiger partial charge in [-0.3, -0.25) is 4.72 Å². The van der Waals surface area contributed by atoms with Crippen LogP contribution in [0.4, 0.5) is 18.9 Å². The lowest BCUT2D eigenvalue weighted by molar-refractivity contribution is -0.138. The normalized spacial score (nSPS) is 18.4. The summed E-state index contributed by atoms with van der Waals surface area (Å²) >= 11 is 0. The number of hydrogen-bond donors (Lipinski definition) is 2. The van der Waals surface area contributed by atoms with Crippen LogP contribution < -0.4 is 10.0 Å². The predicted molar refractivity (Wildman–Crippen MR) is 67.9 cm³/mol. The fraction of sp³-hybridized carbons (Fsp3) is 0.273. The maximum Gasteiger partial charge on any atom is 0.416 e. The summed E-state index contributed by atoms with van der Waals surface area (Å²) in [6, 6.07) is 2.66. The van der Waals surface area contributed by atoms with Gasteiger partial charge in [0.1, 0.15) is 0 Å². The minimum atomic E-state index is -4.33. The van der Waals surface area contributed by atoms with E-state index in [2.05, 4.69) is 21.8 Å². The average molecular weight is 262 g/mol. The molecular formula is C11H13F3N2S. The summed E-state index contributed by atoms with van der Waals surface area (Å²) in [6.45, 7) is 1.84. The predicted octanol–water partition coefficient (Wildman–Crippen LogP) is 2.93. The molecule has 1 heterocycles. The van der Waals surface area contributed by atoms with Crippen molar-refractivity contribution in [2.45, 2.75) is 18.0 Å². The zero-order valence-electron chi connectivity index (χ0n) is 9.32. The van der Waals surface area contributed by atoms with Crippen LogP contribution in [0.5, 0.6) is 0 Å². The molecule has 2 rings (SSSR count). The first kappa shape index (κ1) is 12.3. The highest BCUT2D eigenvalue weighted by Gasteiger charge is 2.33. The number of nitrogens with one attached hydrogen (secondary N) is 2. The molecular weight excluding hydrogens is 249 g/mol. The van der Waals surface area contributed by atoms with Crippen LogP contribution in [0.3, 0.4) is 0 Å². The molecule has 6 heteroatoms. The standard InChI is InChI=1S/C11H13F3N2S/c1-7-4-10-9(5-8(7)11(12,13)14)15-6-16-17(10,2)3/h4-5,15-16H,2-3,6H2,1H3. The SMILES string of the molecule is C=S1(=C)NCNc2cc(C(F)(F)F)c(C)cc21. The van der Waals surface area contributed by atoms with E-state index in [0.717, 1.165) is 11.0 Å². The Bertz CT molecular complexity index is 559. The molecule has 1 aromatic carbocycles. The first-order valence-electron chi connectivity index (χ1n) is 4.91. The Balaban J connectivity index is 2.67. The molecule has 0 unspecified atom stereocenters. The number of rotatable bonds is 0. The Morgan fingerprint density at radius 1 is 1.29 bits per heavy atom. The molecule has 0 radical (unpaired) electrons. The van der Waals surface area contributed by atoms with Crippen LogP contribution in [0, 0.1) is 6.92 Å². The Labute approximate surface area is 98.4 Å². The molecule has 2 nitrogen and oxygen atoms in total. The molecule has 0 saturated heterocycles. The van der Waals surface area contributed by atoms with Crippen molar-refractivity contribution >= 4 is 26.8 Å². The molecule has 0 amide bonds. The highest BCUT2D eigenvalue weighted by molar-refractivity contribution is 8.26. The zero-order valence-corrected chi connectivity index (χ0v) is 10.1. The molecule has 0 bridgehead atoms. The zero-order chi connectivity index (χ0) is 12.8. The summed E-state index contributed by atoms with van der Waals surface area (Å²) in [7, 11) is -1.71. The molecule has 1 aliphatic heterocycles. The van der Waals surface area contributed by atoms with Crippen LogP contribution in [0.1, 0.15) is 11.1 Å². The monoisotopic (exact) mass is 262 g/mol. The van der Waals surface area contributed by atoms with Gasteiger partial charge in [-0.25, -0.2) is 0 Å². The van der Waals surface area contributed by atoms with Crippen molar-refractivity contribution in [1.29, 1.82) is 0 Å². The van der Waals surface area contributed by atoms with Crippen molar-refractivity contribution in [1.82, 2.24) is 4.72 Å². The van der Waals surface area contributed by atoms with Crippen molar-refractivity contribution in [2.24, 2.45) is 0 Å². The quantitative estimate of drug-likeness (QED) is 0.702. The van der Waals surface area contributed by atoms with Gasteiger partial charge in [0, 0.05) is 10.6 Å². The largest absolute Gasteiger partial charge is 0.416 e. The average Bonchev–Trinajstić information content (AvgIpc) is 2.16. The van der Waals surface area contributed by atoms with E-state index in [4.69, 9.17) is 0 Å². The molecule has 0 spiro atoms. The first-order chi connectivity index (χ1) is 7.72. The van der Waals surface area contributed by atoms with E-state index in [0.29, 0.717) is 12.4 Å².